The number of benzene rings is 1. The Morgan fingerprint density at radius 3 is 2.76 bits per heavy atom. The average Bonchev–Trinajstić information content (AvgIpc) is 2.99. The Morgan fingerprint density at radius 2 is 2.10 bits per heavy atom. The highest BCUT2D eigenvalue weighted by Gasteiger charge is 2.12. The molecule has 0 fully saturated rings. The van der Waals surface area contributed by atoms with E-state index in [0.29, 0.717) is 6.04 Å². The van der Waals surface area contributed by atoms with Gasteiger partial charge in [-0.05, 0) is 50.1 Å². The molecule has 1 aromatic carbocycles. The lowest BCUT2D eigenvalue weighted by Crippen LogP contribution is -2.29. The molecule has 0 radical (unpaired) electrons. The summed E-state index contributed by atoms with van der Waals surface area (Å²) < 4.78 is 23.8. The van der Waals surface area contributed by atoms with Crippen molar-refractivity contribution in [1.29, 1.82) is 0 Å². The molecule has 0 aliphatic carbocycles. The van der Waals surface area contributed by atoms with Gasteiger partial charge >= 0.3 is 0 Å². The van der Waals surface area contributed by atoms with Crippen molar-refractivity contribution in [1.82, 2.24) is 5.32 Å². The van der Waals surface area contributed by atoms with Gasteiger partial charge in [0.05, 0.1) is 13.4 Å². The maximum atomic E-state index is 13.4. The fraction of sp³-hybridized carbons (Fsp3) is 0.412. The Kier molecular flexibility index (Phi) is 5.39. The topological polar surface area (TPSA) is 34.4 Å². The highest BCUT2D eigenvalue weighted by Crippen LogP contribution is 2.23. The van der Waals surface area contributed by atoms with Gasteiger partial charge in [0.2, 0.25) is 0 Å². The largest absolute Gasteiger partial charge is 0.494 e. The van der Waals surface area contributed by atoms with Crippen LogP contribution in [0.1, 0.15) is 37.6 Å². The molecule has 2 aromatic rings. The number of methoxy groups -OCH3 is 1. The van der Waals surface area contributed by atoms with Crippen LogP contribution in [0.4, 0.5) is 4.39 Å². The minimum atomic E-state index is -0.334. The van der Waals surface area contributed by atoms with Crippen LogP contribution in [-0.2, 0) is 6.42 Å². The molecular formula is C17H22FNO2. The smallest absolute Gasteiger partial charge is 0.165 e. The van der Waals surface area contributed by atoms with Crippen LogP contribution in [0.5, 0.6) is 5.75 Å². The maximum absolute atomic E-state index is 13.4. The summed E-state index contributed by atoms with van der Waals surface area (Å²) in [7, 11) is 1.48. The average molecular weight is 291 g/mol. The van der Waals surface area contributed by atoms with Gasteiger partial charge in [0.1, 0.15) is 5.76 Å². The van der Waals surface area contributed by atoms with Crippen molar-refractivity contribution in [3.8, 4) is 5.75 Å². The van der Waals surface area contributed by atoms with Gasteiger partial charge < -0.3 is 14.5 Å². The van der Waals surface area contributed by atoms with Crippen LogP contribution in [0.2, 0.25) is 0 Å². The minimum Gasteiger partial charge on any atom is -0.494 e. The molecule has 0 spiro atoms. The molecule has 3 nitrogen and oxygen atoms in total. The summed E-state index contributed by atoms with van der Waals surface area (Å²) in [5.74, 6) is 0.948. The summed E-state index contributed by atoms with van der Waals surface area (Å²) in [5.41, 5.74) is 1.01. The highest BCUT2D eigenvalue weighted by atomic mass is 19.1. The number of rotatable bonds is 7. The van der Waals surface area contributed by atoms with E-state index >= 15 is 0 Å². The lowest BCUT2D eigenvalue weighted by atomic mass is 10.1. The molecule has 2 rings (SSSR count). The van der Waals surface area contributed by atoms with Crippen LogP contribution in [0, 0.1) is 5.82 Å². The molecule has 0 amide bonds. The number of halogens is 1. The van der Waals surface area contributed by atoms with Gasteiger partial charge in [-0.3, -0.25) is 0 Å². The summed E-state index contributed by atoms with van der Waals surface area (Å²) in [6, 6.07) is 9.33. The van der Waals surface area contributed by atoms with Crippen molar-refractivity contribution in [2.24, 2.45) is 0 Å². The number of hydrogen-bond donors (Lipinski definition) is 1. The van der Waals surface area contributed by atoms with Crippen molar-refractivity contribution in [2.75, 3.05) is 7.11 Å². The summed E-state index contributed by atoms with van der Waals surface area (Å²) in [5, 5.41) is 3.51. The summed E-state index contributed by atoms with van der Waals surface area (Å²) in [6.07, 6.45) is 3.58. The van der Waals surface area contributed by atoms with Crippen molar-refractivity contribution in [3.05, 3.63) is 53.7 Å². The molecule has 1 N–H and O–H groups in total. The number of nitrogens with one attached hydrogen (secondary N) is 1. The summed E-state index contributed by atoms with van der Waals surface area (Å²) in [4.78, 5) is 0. The molecule has 0 aliphatic heterocycles. The van der Waals surface area contributed by atoms with Gasteiger partial charge in [-0.15, -0.1) is 0 Å². The third kappa shape index (κ3) is 4.33. The monoisotopic (exact) mass is 291 g/mol. The third-order valence-corrected chi connectivity index (χ3v) is 3.61. The van der Waals surface area contributed by atoms with E-state index in [-0.39, 0.29) is 17.6 Å². The lowest BCUT2D eigenvalue weighted by molar-refractivity contribution is 0.383. The standard InChI is InChI=1S/C17H22FNO2/c1-12(6-8-15-5-4-10-21-15)19-13(2)14-7-9-16(18)17(11-14)20-3/h4-5,7,9-13,19H,6,8H2,1-3H3. The molecule has 114 valence electrons. The van der Waals surface area contributed by atoms with Crippen molar-refractivity contribution in [2.45, 2.75) is 38.8 Å². The Hall–Kier alpha value is -1.81. The van der Waals surface area contributed by atoms with E-state index in [4.69, 9.17) is 9.15 Å². The normalized spacial score (nSPS) is 13.9. The number of furan rings is 1. The van der Waals surface area contributed by atoms with E-state index < -0.39 is 0 Å². The molecular weight excluding hydrogens is 269 g/mol. The van der Waals surface area contributed by atoms with E-state index in [1.54, 1.807) is 18.4 Å². The number of hydrogen-bond acceptors (Lipinski definition) is 3. The molecule has 0 saturated carbocycles. The first kappa shape index (κ1) is 15.6. The van der Waals surface area contributed by atoms with Crippen LogP contribution in [0.25, 0.3) is 0 Å². The van der Waals surface area contributed by atoms with E-state index in [0.717, 1.165) is 24.2 Å². The van der Waals surface area contributed by atoms with E-state index in [1.165, 1.54) is 13.2 Å². The Bertz CT molecular complexity index is 554. The zero-order chi connectivity index (χ0) is 15.2. The zero-order valence-electron chi connectivity index (χ0n) is 12.7. The molecule has 2 atom stereocenters. The fourth-order valence-electron chi connectivity index (χ4n) is 2.37. The SMILES string of the molecule is COc1cc(C(C)NC(C)CCc2ccco2)ccc1F. The second-order valence-electron chi connectivity index (χ2n) is 5.30. The molecule has 0 aliphatic rings. The third-order valence-electron chi connectivity index (χ3n) is 3.61. The van der Waals surface area contributed by atoms with E-state index in [2.05, 4.69) is 19.2 Å². The Balaban J connectivity index is 1.89. The van der Waals surface area contributed by atoms with Gasteiger partial charge in [0.25, 0.3) is 0 Å². The molecule has 4 heteroatoms. The zero-order valence-corrected chi connectivity index (χ0v) is 12.7. The number of ether oxygens (including phenoxy) is 1. The quantitative estimate of drug-likeness (QED) is 0.834. The van der Waals surface area contributed by atoms with Gasteiger partial charge in [0, 0.05) is 18.5 Å². The predicted molar refractivity (Wildman–Crippen MR) is 81.0 cm³/mol. The minimum absolute atomic E-state index is 0.131. The van der Waals surface area contributed by atoms with Crippen LogP contribution in [0.15, 0.2) is 41.0 Å². The first-order chi connectivity index (χ1) is 10.1. The summed E-state index contributed by atoms with van der Waals surface area (Å²) >= 11 is 0. The van der Waals surface area contributed by atoms with Crippen LogP contribution in [-0.4, -0.2) is 13.2 Å². The van der Waals surface area contributed by atoms with Crippen molar-refractivity contribution >= 4 is 0 Å². The lowest BCUT2D eigenvalue weighted by Gasteiger charge is -2.20. The predicted octanol–water partition coefficient (Wildman–Crippen LogP) is 4.10. The first-order valence-electron chi connectivity index (χ1n) is 7.22. The van der Waals surface area contributed by atoms with Gasteiger partial charge in [-0.2, -0.15) is 0 Å². The van der Waals surface area contributed by atoms with E-state index in [9.17, 15) is 4.39 Å². The van der Waals surface area contributed by atoms with Gasteiger partial charge in [-0.1, -0.05) is 6.07 Å². The molecule has 21 heavy (non-hydrogen) atoms. The second kappa shape index (κ2) is 7.27. The summed E-state index contributed by atoms with van der Waals surface area (Å²) in [6.45, 7) is 4.20. The van der Waals surface area contributed by atoms with Crippen molar-refractivity contribution < 1.29 is 13.5 Å². The molecule has 2 unspecified atom stereocenters. The first-order valence-corrected chi connectivity index (χ1v) is 7.22. The maximum Gasteiger partial charge on any atom is 0.165 e. The highest BCUT2D eigenvalue weighted by molar-refractivity contribution is 5.31. The number of aryl methyl sites for hydroxylation is 1. The molecule has 0 bridgehead atoms. The Labute approximate surface area is 125 Å². The van der Waals surface area contributed by atoms with Crippen molar-refractivity contribution in [3.63, 3.8) is 0 Å². The van der Waals surface area contributed by atoms with Crippen LogP contribution in [0.3, 0.4) is 0 Å². The fourth-order valence-corrected chi connectivity index (χ4v) is 2.37. The molecule has 1 aromatic heterocycles. The van der Waals surface area contributed by atoms with E-state index in [1.807, 2.05) is 12.1 Å². The van der Waals surface area contributed by atoms with Crippen LogP contribution >= 0.6 is 0 Å². The van der Waals surface area contributed by atoms with Gasteiger partial charge in [-0.25, -0.2) is 4.39 Å². The Morgan fingerprint density at radius 1 is 1.29 bits per heavy atom. The molecule has 0 saturated heterocycles. The second-order valence-corrected chi connectivity index (χ2v) is 5.30. The molecule has 1 heterocycles. The van der Waals surface area contributed by atoms with Gasteiger partial charge in [0.15, 0.2) is 11.6 Å². The van der Waals surface area contributed by atoms with Crippen LogP contribution < -0.4 is 10.1 Å².